The number of nitrogens with one attached hydrogen (secondary N) is 3. The first-order valence-corrected chi connectivity index (χ1v) is 15.4. The van der Waals surface area contributed by atoms with E-state index in [4.69, 9.17) is 4.74 Å². The van der Waals surface area contributed by atoms with Crippen molar-refractivity contribution < 1.29 is 27.5 Å². The minimum absolute atomic E-state index is 0.0162. The maximum Gasteiger partial charge on any atom is 0.420 e. The number of H-pyrrole nitrogens is 1. The van der Waals surface area contributed by atoms with Gasteiger partial charge < -0.3 is 10.1 Å². The lowest BCUT2D eigenvalue weighted by atomic mass is 9.84. The normalized spacial score (nSPS) is 13.7. The second-order valence-corrected chi connectivity index (χ2v) is 11.2. The molecule has 0 bridgehead atoms. The maximum absolute atomic E-state index is 13.9. The Balaban J connectivity index is 1.38. The molecule has 13 heteroatoms. The highest BCUT2D eigenvalue weighted by atomic mass is 19.4. The number of anilines is 3. The summed E-state index contributed by atoms with van der Waals surface area (Å²) in [5, 5.41) is 18.2. The number of halogens is 3. The Bertz CT molecular complexity index is 1590. The number of urea groups is 1. The molecule has 4 aromatic rings. The van der Waals surface area contributed by atoms with Crippen LogP contribution in [0.2, 0.25) is 0 Å². The van der Waals surface area contributed by atoms with E-state index in [-0.39, 0.29) is 30.5 Å². The number of hydrogen-bond donors (Lipinski definition) is 3. The summed E-state index contributed by atoms with van der Waals surface area (Å²) in [6.45, 7) is 2.17. The maximum atomic E-state index is 13.9. The van der Waals surface area contributed by atoms with E-state index in [1.165, 1.54) is 41.9 Å². The summed E-state index contributed by atoms with van der Waals surface area (Å²) >= 11 is 0. The molecule has 46 heavy (non-hydrogen) atoms. The van der Waals surface area contributed by atoms with E-state index in [0.29, 0.717) is 29.2 Å². The number of benzene rings is 3. The Hall–Kier alpha value is -4.94. The van der Waals surface area contributed by atoms with Crippen molar-refractivity contribution in [2.45, 2.75) is 70.5 Å². The molecule has 0 atom stereocenters. The summed E-state index contributed by atoms with van der Waals surface area (Å²) in [6, 6.07) is 17.3. The van der Waals surface area contributed by atoms with E-state index in [0.717, 1.165) is 25.3 Å². The first-order chi connectivity index (χ1) is 22.2. The number of nitrogens with zero attached hydrogens (tertiary/aromatic N) is 4. The van der Waals surface area contributed by atoms with Crippen molar-refractivity contribution in [2.75, 3.05) is 22.1 Å². The average molecular weight is 636 g/mol. The number of aromatic amines is 1. The Morgan fingerprint density at radius 2 is 1.72 bits per heavy atom. The number of hydrogen-bond acceptors (Lipinski definition) is 6. The molecule has 0 spiro atoms. The Morgan fingerprint density at radius 3 is 2.37 bits per heavy atom. The molecule has 5 rings (SSSR count). The highest BCUT2D eigenvalue weighted by molar-refractivity contribution is 6.03. The average Bonchev–Trinajstić information content (AvgIpc) is 3.57. The smallest absolute Gasteiger partial charge is 0.420 e. The molecule has 1 heterocycles. The zero-order valence-electron chi connectivity index (χ0n) is 25.4. The Labute approximate surface area is 264 Å². The number of aromatic nitrogens is 4. The predicted molar refractivity (Wildman–Crippen MR) is 168 cm³/mol. The fourth-order valence-corrected chi connectivity index (χ4v) is 5.45. The van der Waals surface area contributed by atoms with Crippen LogP contribution in [0, 0.1) is 0 Å². The number of carbonyl (C=O) groups is 2. The van der Waals surface area contributed by atoms with Gasteiger partial charge in [-0.05, 0) is 84.0 Å². The van der Waals surface area contributed by atoms with Crippen LogP contribution in [0.15, 0.2) is 66.7 Å². The molecule has 1 aliphatic carbocycles. The fraction of sp³-hybridized carbons (Fsp3) is 0.364. The van der Waals surface area contributed by atoms with Crippen molar-refractivity contribution in [2.24, 2.45) is 0 Å². The summed E-state index contributed by atoms with van der Waals surface area (Å²) in [4.78, 5) is 27.7. The van der Waals surface area contributed by atoms with Gasteiger partial charge in [-0.25, -0.2) is 4.79 Å². The topological polar surface area (TPSA) is 125 Å². The number of amides is 3. The van der Waals surface area contributed by atoms with Gasteiger partial charge in [0.05, 0.1) is 18.7 Å². The molecule has 1 fully saturated rings. The van der Waals surface area contributed by atoms with Crippen LogP contribution in [-0.4, -0.2) is 39.2 Å². The zero-order valence-corrected chi connectivity index (χ0v) is 25.4. The molecule has 10 nitrogen and oxygen atoms in total. The molecular formula is C33H36F3N7O3. The molecule has 1 saturated carbocycles. The largest absolute Gasteiger partial charge is 0.493 e. The predicted octanol–water partition coefficient (Wildman–Crippen LogP) is 7.94. The van der Waals surface area contributed by atoms with Crippen LogP contribution in [0.4, 0.5) is 35.3 Å². The quantitative estimate of drug-likeness (QED) is 0.144. The van der Waals surface area contributed by atoms with E-state index in [2.05, 4.69) is 31.3 Å². The van der Waals surface area contributed by atoms with Crippen molar-refractivity contribution in [3.63, 3.8) is 0 Å². The monoisotopic (exact) mass is 635 g/mol. The molecule has 242 valence electrons. The lowest BCUT2D eigenvalue weighted by Gasteiger charge is -2.26. The van der Waals surface area contributed by atoms with Crippen molar-refractivity contribution in [3.8, 4) is 5.75 Å². The highest BCUT2D eigenvalue weighted by Gasteiger charge is 2.35. The van der Waals surface area contributed by atoms with E-state index in [1.807, 2.05) is 31.2 Å². The van der Waals surface area contributed by atoms with E-state index >= 15 is 0 Å². The van der Waals surface area contributed by atoms with Crippen LogP contribution in [0.25, 0.3) is 0 Å². The van der Waals surface area contributed by atoms with Crippen LogP contribution in [0.3, 0.4) is 0 Å². The third-order valence-corrected chi connectivity index (χ3v) is 7.95. The van der Waals surface area contributed by atoms with Crippen LogP contribution in [0.5, 0.6) is 5.75 Å². The van der Waals surface area contributed by atoms with Crippen molar-refractivity contribution in [3.05, 3.63) is 89.0 Å². The summed E-state index contributed by atoms with van der Waals surface area (Å²) in [6.07, 6.45) is 2.58. The number of unbranched alkanes of at least 4 members (excludes halogenated alkanes) is 1. The van der Waals surface area contributed by atoms with Crippen molar-refractivity contribution in [1.82, 2.24) is 20.6 Å². The van der Waals surface area contributed by atoms with Gasteiger partial charge >= 0.3 is 12.2 Å². The van der Waals surface area contributed by atoms with Gasteiger partial charge in [0.25, 0.3) is 11.9 Å². The summed E-state index contributed by atoms with van der Waals surface area (Å²) in [5.41, 5.74) is 1.83. The molecule has 3 amide bonds. The fourth-order valence-electron chi connectivity index (χ4n) is 5.45. The van der Waals surface area contributed by atoms with Gasteiger partial charge in [0.15, 0.2) is 0 Å². The lowest BCUT2D eigenvalue weighted by Crippen LogP contribution is -2.34. The molecule has 0 saturated heterocycles. The second kappa shape index (κ2) is 14.9. The van der Waals surface area contributed by atoms with Crippen LogP contribution in [-0.2, 0) is 12.7 Å². The zero-order chi connectivity index (χ0) is 32.5. The molecule has 1 aromatic heterocycles. The van der Waals surface area contributed by atoms with E-state index in [1.54, 1.807) is 24.3 Å². The molecule has 3 N–H and O–H groups in total. The van der Waals surface area contributed by atoms with Gasteiger partial charge in [0.1, 0.15) is 5.75 Å². The van der Waals surface area contributed by atoms with Crippen LogP contribution < -0.4 is 20.3 Å². The number of tetrazole rings is 1. The molecular weight excluding hydrogens is 599 g/mol. The van der Waals surface area contributed by atoms with Crippen molar-refractivity contribution >= 4 is 29.3 Å². The third-order valence-electron chi connectivity index (χ3n) is 7.95. The summed E-state index contributed by atoms with van der Waals surface area (Å²) < 4.78 is 47.2. The van der Waals surface area contributed by atoms with Gasteiger partial charge in [-0.2, -0.15) is 18.4 Å². The standard InChI is InChI=1S/C33H36F3N7O3/c1-2-3-19-46-29-18-15-26(20-28(29)33(34,35)36)37-32(45)43(27-16-13-24(14-17-27)23-7-5-4-6-8-23)21-22-9-11-25(12-10-22)30(44)38-31-39-41-42-40-31/h9-18,20,23H,2-8,19,21H2,1H3,(H,37,45)(H2,38,39,40,41,42,44). The van der Waals surface area contributed by atoms with Crippen molar-refractivity contribution in [1.29, 1.82) is 0 Å². The molecule has 1 aliphatic rings. The van der Waals surface area contributed by atoms with Crippen LogP contribution >= 0.6 is 0 Å². The Morgan fingerprint density at radius 1 is 0.978 bits per heavy atom. The SMILES string of the molecule is CCCCOc1ccc(NC(=O)N(Cc2ccc(C(=O)Nc3nn[nH]n3)cc2)c2ccc(C3CCCCC3)cc2)cc1C(F)(F)F. The summed E-state index contributed by atoms with van der Waals surface area (Å²) in [7, 11) is 0. The van der Waals surface area contributed by atoms with Gasteiger partial charge in [0, 0.05) is 16.9 Å². The minimum atomic E-state index is -4.67. The molecule has 3 aromatic carbocycles. The van der Waals surface area contributed by atoms with Gasteiger partial charge in [-0.3, -0.25) is 15.0 Å². The molecule has 0 unspecified atom stereocenters. The summed E-state index contributed by atoms with van der Waals surface area (Å²) in [5.74, 6) is -0.223. The lowest BCUT2D eigenvalue weighted by molar-refractivity contribution is -0.138. The first-order valence-electron chi connectivity index (χ1n) is 15.4. The number of ether oxygens (including phenoxy) is 1. The van der Waals surface area contributed by atoms with Gasteiger partial charge in [-0.1, -0.05) is 62.0 Å². The third kappa shape index (κ3) is 8.40. The van der Waals surface area contributed by atoms with Crippen LogP contribution in [0.1, 0.15) is 84.8 Å². The first kappa shape index (κ1) is 32.5. The minimum Gasteiger partial charge on any atom is -0.493 e. The molecule has 0 aliphatic heterocycles. The Kier molecular flexibility index (Phi) is 10.5. The molecule has 0 radical (unpaired) electrons. The number of rotatable bonds is 11. The number of carbonyl (C=O) groups excluding carboxylic acids is 2. The van der Waals surface area contributed by atoms with E-state index in [9.17, 15) is 22.8 Å². The van der Waals surface area contributed by atoms with E-state index < -0.39 is 23.7 Å². The van der Waals surface area contributed by atoms with Gasteiger partial charge in [-0.15, -0.1) is 5.10 Å². The number of alkyl halides is 3. The van der Waals surface area contributed by atoms with Gasteiger partial charge in [0.2, 0.25) is 0 Å². The highest BCUT2D eigenvalue weighted by Crippen LogP contribution is 2.38. The second-order valence-electron chi connectivity index (χ2n) is 11.2.